The van der Waals surface area contributed by atoms with Gasteiger partial charge in [0.15, 0.2) is 6.29 Å². The zero-order valence-corrected chi connectivity index (χ0v) is 11.8. The monoisotopic (exact) mass is 288 g/mol. The van der Waals surface area contributed by atoms with E-state index in [0.717, 1.165) is 0 Å². The molecule has 0 unspecified atom stereocenters. The van der Waals surface area contributed by atoms with Crippen molar-refractivity contribution in [3.8, 4) is 11.3 Å². The Morgan fingerprint density at radius 1 is 1.48 bits per heavy atom. The number of nitrogens with zero attached hydrogens (tertiary/aromatic N) is 3. The van der Waals surface area contributed by atoms with E-state index in [1.165, 1.54) is 12.1 Å². The van der Waals surface area contributed by atoms with Crippen LogP contribution in [-0.4, -0.2) is 21.0 Å². The van der Waals surface area contributed by atoms with Crippen molar-refractivity contribution in [3.05, 3.63) is 39.9 Å². The molecule has 1 aromatic carbocycles. The summed E-state index contributed by atoms with van der Waals surface area (Å²) < 4.78 is 1.56. The standard InChI is InChI=1S/C14H16N4O3/c1-9(2)7-17-14(15)12(8-19)13(16-17)10-4-3-5-11(6-10)18(20)21/h3-6,8-9H,7,15H2,1-2H3. The molecule has 0 radical (unpaired) electrons. The number of hydrogen-bond acceptors (Lipinski definition) is 5. The zero-order valence-electron chi connectivity index (χ0n) is 11.8. The first-order valence-electron chi connectivity index (χ1n) is 6.50. The van der Waals surface area contributed by atoms with Gasteiger partial charge >= 0.3 is 0 Å². The molecule has 0 aliphatic carbocycles. The Bertz CT molecular complexity index is 692. The summed E-state index contributed by atoms with van der Waals surface area (Å²) >= 11 is 0. The maximum absolute atomic E-state index is 11.3. The number of nitro groups is 1. The van der Waals surface area contributed by atoms with Crippen LogP contribution in [0.1, 0.15) is 24.2 Å². The number of aldehydes is 1. The highest BCUT2D eigenvalue weighted by Crippen LogP contribution is 2.28. The van der Waals surface area contributed by atoms with Crippen LogP contribution < -0.4 is 5.73 Å². The molecule has 2 rings (SSSR count). The van der Waals surface area contributed by atoms with E-state index in [1.54, 1.807) is 16.8 Å². The van der Waals surface area contributed by atoms with Crippen LogP contribution in [-0.2, 0) is 6.54 Å². The predicted octanol–water partition coefficient (Wildman–Crippen LogP) is 2.51. The van der Waals surface area contributed by atoms with E-state index in [1.807, 2.05) is 13.8 Å². The van der Waals surface area contributed by atoms with Gasteiger partial charge in [0, 0.05) is 24.2 Å². The first-order chi connectivity index (χ1) is 9.93. The van der Waals surface area contributed by atoms with Gasteiger partial charge in [0.1, 0.15) is 11.5 Å². The predicted molar refractivity (Wildman–Crippen MR) is 79.0 cm³/mol. The highest BCUT2D eigenvalue weighted by Gasteiger charge is 2.18. The molecule has 0 amide bonds. The molecule has 1 heterocycles. The van der Waals surface area contributed by atoms with Crippen molar-refractivity contribution in [2.24, 2.45) is 5.92 Å². The molecular weight excluding hydrogens is 272 g/mol. The minimum Gasteiger partial charge on any atom is -0.383 e. The highest BCUT2D eigenvalue weighted by molar-refractivity contribution is 5.91. The lowest BCUT2D eigenvalue weighted by Crippen LogP contribution is -2.09. The number of aromatic nitrogens is 2. The number of hydrogen-bond donors (Lipinski definition) is 1. The molecule has 0 saturated carbocycles. The first-order valence-corrected chi connectivity index (χ1v) is 6.50. The first kappa shape index (κ1) is 14.7. The normalized spacial score (nSPS) is 10.8. The Hall–Kier alpha value is -2.70. The number of non-ortho nitro benzene ring substituents is 1. The van der Waals surface area contributed by atoms with Crippen LogP contribution in [0.15, 0.2) is 24.3 Å². The molecule has 0 fully saturated rings. The molecule has 0 spiro atoms. The van der Waals surface area contributed by atoms with Crippen LogP contribution in [0.3, 0.4) is 0 Å². The van der Waals surface area contributed by atoms with E-state index in [0.29, 0.717) is 30.0 Å². The second-order valence-electron chi connectivity index (χ2n) is 5.15. The lowest BCUT2D eigenvalue weighted by Gasteiger charge is -2.06. The molecule has 0 aliphatic rings. The lowest BCUT2D eigenvalue weighted by atomic mass is 10.1. The maximum atomic E-state index is 11.3. The Morgan fingerprint density at radius 2 is 2.19 bits per heavy atom. The van der Waals surface area contributed by atoms with Gasteiger partial charge in [-0.1, -0.05) is 26.0 Å². The number of rotatable bonds is 5. The van der Waals surface area contributed by atoms with Crippen molar-refractivity contribution >= 4 is 17.8 Å². The fourth-order valence-corrected chi connectivity index (χ4v) is 2.07. The molecule has 0 bridgehead atoms. The summed E-state index contributed by atoms with van der Waals surface area (Å²) in [5.74, 6) is 0.588. The van der Waals surface area contributed by atoms with E-state index in [9.17, 15) is 14.9 Å². The van der Waals surface area contributed by atoms with E-state index in [-0.39, 0.29) is 17.1 Å². The van der Waals surface area contributed by atoms with Gasteiger partial charge in [-0.05, 0) is 5.92 Å². The summed E-state index contributed by atoms with van der Waals surface area (Å²) in [6.07, 6.45) is 0.632. The third kappa shape index (κ3) is 2.91. The van der Waals surface area contributed by atoms with Gasteiger partial charge < -0.3 is 5.73 Å². The fourth-order valence-electron chi connectivity index (χ4n) is 2.07. The van der Waals surface area contributed by atoms with E-state index >= 15 is 0 Å². The van der Waals surface area contributed by atoms with E-state index in [4.69, 9.17) is 5.73 Å². The number of carbonyl (C=O) groups excluding carboxylic acids is 1. The molecule has 110 valence electrons. The Morgan fingerprint density at radius 3 is 2.76 bits per heavy atom. The SMILES string of the molecule is CC(C)Cn1nc(-c2cccc([N+](=O)[O-])c2)c(C=O)c1N. The average Bonchev–Trinajstić information content (AvgIpc) is 2.75. The molecule has 0 saturated heterocycles. The van der Waals surface area contributed by atoms with Crippen LogP contribution in [0.2, 0.25) is 0 Å². The average molecular weight is 288 g/mol. The zero-order chi connectivity index (χ0) is 15.6. The van der Waals surface area contributed by atoms with Gasteiger partial charge in [0.05, 0.1) is 10.5 Å². The Balaban J connectivity index is 2.55. The van der Waals surface area contributed by atoms with Crippen molar-refractivity contribution in [1.82, 2.24) is 9.78 Å². The van der Waals surface area contributed by atoms with Gasteiger partial charge in [-0.25, -0.2) is 4.68 Å². The van der Waals surface area contributed by atoms with Crippen LogP contribution in [0, 0.1) is 16.0 Å². The molecule has 2 aromatic rings. The second-order valence-corrected chi connectivity index (χ2v) is 5.15. The number of nitro benzene ring substituents is 1. The number of benzene rings is 1. The molecule has 7 nitrogen and oxygen atoms in total. The number of carbonyl (C=O) groups is 1. The van der Waals surface area contributed by atoms with Gasteiger partial charge in [-0.3, -0.25) is 14.9 Å². The lowest BCUT2D eigenvalue weighted by molar-refractivity contribution is -0.384. The van der Waals surface area contributed by atoms with Crippen LogP contribution >= 0.6 is 0 Å². The Labute approximate surface area is 121 Å². The molecular formula is C14H16N4O3. The Kier molecular flexibility index (Phi) is 4.02. The van der Waals surface area contributed by atoms with E-state index < -0.39 is 4.92 Å². The summed E-state index contributed by atoms with van der Waals surface area (Å²) in [4.78, 5) is 21.6. The molecule has 0 atom stereocenters. The number of nitrogens with two attached hydrogens (primary N) is 1. The largest absolute Gasteiger partial charge is 0.383 e. The van der Waals surface area contributed by atoms with Crippen molar-refractivity contribution in [2.75, 3.05) is 5.73 Å². The third-order valence-corrected chi connectivity index (χ3v) is 3.02. The van der Waals surface area contributed by atoms with Gasteiger partial charge in [0.2, 0.25) is 0 Å². The fraction of sp³-hybridized carbons (Fsp3) is 0.286. The summed E-state index contributed by atoms with van der Waals surface area (Å²) in [6, 6.07) is 5.99. The summed E-state index contributed by atoms with van der Waals surface area (Å²) in [6.45, 7) is 4.59. The van der Waals surface area contributed by atoms with Crippen molar-refractivity contribution < 1.29 is 9.72 Å². The molecule has 2 N–H and O–H groups in total. The number of nitrogen functional groups attached to an aromatic ring is 1. The van der Waals surface area contributed by atoms with Gasteiger partial charge in [0.25, 0.3) is 5.69 Å². The minimum atomic E-state index is -0.488. The van der Waals surface area contributed by atoms with Crippen molar-refractivity contribution in [2.45, 2.75) is 20.4 Å². The molecule has 0 aliphatic heterocycles. The van der Waals surface area contributed by atoms with Crippen LogP contribution in [0.5, 0.6) is 0 Å². The third-order valence-electron chi connectivity index (χ3n) is 3.02. The quantitative estimate of drug-likeness (QED) is 0.517. The molecule has 7 heteroatoms. The van der Waals surface area contributed by atoms with Crippen LogP contribution in [0.4, 0.5) is 11.5 Å². The highest BCUT2D eigenvalue weighted by atomic mass is 16.6. The second kappa shape index (κ2) is 5.74. The van der Waals surface area contributed by atoms with Gasteiger partial charge in [-0.15, -0.1) is 0 Å². The molecule has 21 heavy (non-hydrogen) atoms. The summed E-state index contributed by atoms with van der Waals surface area (Å²) in [7, 11) is 0. The van der Waals surface area contributed by atoms with Crippen molar-refractivity contribution in [1.29, 1.82) is 0 Å². The molecule has 1 aromatic heterocycles. The van der Waals surface area contributed by atoms with Crippen LogP contribution in [0.25, 0.3) is 11.3 Å². The summed E-state index contributed by atoms with van der Waals surface area (Å²) in [5.41, 5.74) is 7.01. The minimum absolute atomic E-state index is 0.0543. The number of anilines is 1. The van der Waals surface area contributed by atoms with Gasteiger partial charge in [-0.2, -0.15) is 5.10 Å². The summed E-state index contributed by atoms with van der Waals surface area (Å²) in [5, 5.41) is 15.2. The maximum Gasteiger partial charge on any atom is 0.270 e. The topological polar surface area (TPSA) is 104 Å². The van der Waals surface area contributed by atoms with Crippen molar-refractivity contribution in [3.63, 3.8) is 0 Å². The van der Waals surface area contributed by atoms with E-state index in [2.05, 4.69) is 5.10 Å². The smallest absolute Gasteiger partial charge is 0.270 e.